The summed E-state index contributed by atoms with van der Waals surface area (Å²) in [5.74, 6) is 0.0209. The van der Waals surface area contributed by atoms with E-state index in [4.69, 9.17) is 4.74 Å². The Hall–Kier alpha value is -3.51. The van der Waals surface area contributed by atoms with Crippen molar-refractivity contribution in [2.45, 2.75) is 0 Å². The maximum Gasteiger partial charge on any atom is 0.266 e. The summed E-state index contributed by atoms with van der Waals surface area (Å²) in [7, 11) is 1.57. The van der Waals surface area contributed by atoms with Crippen LogP contribution in [0.15, 0.2) is 66.7 Å². The second-order valence-electron chi connectivity index (χ2n) is 6.39. The Morgan fingerprint density at radius 1 is 0.893 bits per heavy atom. The largest absolute Gasteiger partial charge is 0.497 e. The molecular formula is C22H14N2O3S. The highest BCUT2D eigenvalue weighted by atomic mass is 32.1. The minimum absolute atomic E-state index is 0.319. The van der Waals surface area contributed by atoms with Gasteiger partial charge in [0, 0.05) is 5.56 Å². The minimum atomic E-state index is -0.326. The summed E-state index contributed by atoms with van der Waals surface area (Å²) in [6.07, 6.45) is 0. The number of thiazole rings is 1. The van der Waals surface area contributed by atoms with Crippen molar-refractivity contribution in [2.24, 2.45) is 0 Å². The third-order valence-corrected chi connectivity index (χ3v) is 5.84. The molecular weight excluding hydrogens is 372 g/mol. The normalized spacial score (nSPS) is 13.2. The van der Waals surface area contributed by atoms with Gasteiger partial charge in [-0.05, 0) is 48.5 Å². The van der Waals surface area contributed by atoms with Crippen molar-refractivity contribution in [1.82, 2.24) is 4.98 Å². The molecule has 1 aliphatic heterocycles. The molecule has 0 aliphatic carbocycles. The van der Waals surface area contributed by atoms with Crippen LogP contribution in [0.2, 0.25) is 0 Å². The lowest BCUT2D eigenvalue weighted by Crippen LogP contribution is -2.29. The lowest BCUT2D eigenvalue weighted by molar-refractivity contribution is 0.0926. The van der Waals surface area contributed by atoms with Crippen molar-refractivity contribution < 1.29 is 14.3 Å². The van der Waals surface area contributed by atoms with Crippen molar-refractivity contribution >= 4 is 39.1 Å². The van der Waals surface area contributed by atoms with Crippen molar-refractivity contribution in [3.63, 3.8) is 0 Å². The van der Waals surface area contributed by atoms with Gasteiger partial charge in [0.25, 0.3) is 11.8 Å². The number of ether oxygens (including phenoxy) is 1. The van der Waals surface area contributed by atoms with E-state index in [1.807, 2.05) is 30.3 Å². The quantitative estimate of drug-likeness (QED) is 0.476. The van der Waals surface area contributed by atoms with Gasteiger partial charge < -0.3 is 4.74 Å². The van der Waals surface area contributed by atoms with Gasteiger partial charge in [0.2, 0.25) is 0 Å². The first-order chi connectivity index (χ1) is 13.7. The van der Waals surface area contributed by atoms with Crippen molar-refractivity contribution in [3.05, 3.63) is 77.9 Å². The number of rotatable bonds is 3. The number of anilines is 1. The number of nitrogens with zero attached hydrogens (tertiary/aromatic N) is 2. The van der Waals surface area contributed by atoms with Gasteiger partial charge in [0.05, 0.1) is 34.1 Å². The van der Waals surface area contributed by atoms with E-state index in [0.29, 0.717) is 22.6 Å². The van der Waals surface area contributed by atoms with Crippen LogP contribution in [0.25, 0.3) is 20.8 Å². The molecule has 0 unspecified atom stereocenters. The molecule has 0 bridgehead atoms. The van der Waals surface area contributed by atoms with E-state index in [-0.39, 0.29) is 11.8 Å². The molecule has 5 rings (SSSR count). The number of carbonyl (C=O) groups is 2. The Morgan fingerprint density at radius 3 is 2.39 bits per heavy atom. The smallest absolute Gasteiger partial charge is 0.266 e. The standard InChI is InChI=1S/C22H14N2O3S/c1-27-15-9-7-14(8-10-15)24-21(25)16-11-6-13(12-17(16)22(24)26)20-23-18-4-2-3-5-19(18)28-20/h2-12H,1H3. The van der Waals surface area contributed by atoms with Gasteiger partial charge >= 0.3 is 0 Å². The van der Waals surface area contributed by atoms with Gasteiger partial charge in [-0.15, -0.1) is 11.3 Å². The Balaban J connectivity index is 1.55. The lowest BCUT2D eigenvalue weighted by Gasteiger charge is -2.14. The molecule has 2 heterocycles. The predicted molar refractivity (Wildman–Crippen MR) is 109 cm³/mol. The van der Waals surface area contributed by atoms with Crippen LogP contribution < -0.4 is 9.64 Å². The second-order valence-corrected chi connectivity index (χ2v) is 7.42. The topological polar surface area (TPSA) is 59.5 Å². The fourth-order valence-electron chi connectivity index (χ4n) is 3.34. The van der Waals surface area contributed by atoms with Crippen LogP contribution in [0, 0.1) is 0 Å². The zero-order valence-corrected chi connectivity index (χ0v) is 15.7. The van der Waals surface area contributed by atoms with E-state index >= 15 is 0 Å². The molecule has 1 aliphatic rings. The first kappa shape index (κ1) is 16.6. The highest BCUT2D eigenvalue weighted by Gasteiger charge is 2.37. The Kier molecular flexibility index (Phi) is 3.74. The van der Waals surface area contributed by atoms with Crippen LogP contribution >= 0.6 is 11.3 Å². The highest BCUT2D eigenvalue weighted by Crippen LogP contribution is 2.35. The van der Waals surface area contributed by atoms with Gasteiger partial charge in [-0.3, -0.25) is 9.59 Å². The van der Waals surface area contributed by atoms with Crippen molar-refractivity contribution in [2.75, 3.05) is 12.0 Å². The molecule has 28 heavy (non-hydrogen) atoms. The zero-order chi connectivity index (χ0) is 19.3. The van der Waals surface area contributed by atoms with Crippen LogP contribution in [0.1, 0.15) is 20.7 Å². The molecule has 4 aromatic rings. The lowest BCUT2D eigenvalue weighted by atomic mass is 10.1. The highest BCUT2D eigenvalue weighted by molar-refractivity contribution is 7.21. The molecule has 0 spiro atoms. The summed E-state index contributed by atoms with van der Waals surface area (Å²) in [4.78, 5) is 31.6. The van der Waals surface area contributed by atoms with Gasteiger partial charge in [0.1, 0.15) is 10.8 Å². The van der Waals surface area contributed by atoms with E-state index in [2.05, 4.69) is 4.98 Å². The third kappa shape index (κ3) is 2.50. The SMILES string of the molecule is COc1ccc(N2C(=O)c3ccc(-c4nc5ccccc5s4)cc3C2=O)cc1. The van der Waals surface area contributed by atoms with Crippen molar-refractivity contribution in [1.29, 1.82) is 0 Å². The summed E-state index contributed by atoms with van der Waals surface area (Å²) in [6, 6.07) is 20.1. The number of amides is 2. The van der Waals surface area contributed by atoms with Crippen LogP contribution in [0.4, 0.5) is 5.69 Å². The number of hydrogen-bond acceptors (Lipinski definition) is 5. The van der Waals surface area contributed by atoms with Crippen molar-refractivity contribution in [3.8, 4) is 16.3 Å². The Bertz CT molecular complexity index is 1210. The molecule has 2 amide bonds. The molecule has 136 valence electrons. The monoisotopic (exact) mass is 386 g/mol. The van der Waals surface area contributed by atoms with Gasteiger partial charge in [-0.25, -0.2) is 9.88 Å². The Labute approximate surface area is 164 Å². The first-order valence-corrected chi connectivity index (χ1v) is 9.50. The van der Waals surface area contributed by atoms with Crippen LogP contribution in [0.3, 0.4) is 0 Å². The average Bonchev–Trinajstić information content (AvgIpc) is 3.27. The number of carbonyl (C=O) groups excluding carboxylic acids is 2. The number of benzene rings is 3. The molecule has 0 N–H and O–H groups in total. The number of hydrogen-bond donors (Lipinski definition) is 0. The Morgan fingerprint density at radius 2 is 1.64 bits per heavy atom. The van der Waals surface area contributed by atoms with Crippen LogP contribution in [0.5, 0.6) is 5.75 Å². The summed E-state index contributed by atoms with van der Waals surface area (Å²) >= 11 is 1.56. The molecule has 1 aromatic heterocycles. The van der Waals surface area contributed by atoms with Crippen LogP contribution in [-0.4, -0.2) is 23.9 Å². The fourth-order valence-corrected chi connectivity index (χ4v) is 4.30. The molecule has 0 saturated carbocycles. The van der Waals surface area contributed by atoms with Gasteiger partial charge in [-0.1, -0.05) is 18.2 Å². The maximum absolute atomic E-state index is 13.0. The van der Waals surface area contributed by atoms with E-state index in [0.717, 1.165) is 20.8 Å². The van der Waals surface area contributed by atoms with Gasteiger partial charge in [-0.2, -0.15) is 0 Å². The first-order valence-electron chi connectivity index (χ1n) is 8.68. The van der Waals surface area contributed by atoms with E-state index in [1.54, 1.807) is 54.8 Å². The number of aromatic nitrogens is 1. The summed E-state index contributed by atoms with van der Waals surface area (Å²) in [5, 5.41) is 0.826. The average molecular weight is 386 g/mol. The minimum Gasteiger partial charge on any atom is -0.497 e. The molecule has 5 nitrogen and oxygen atoms in total. The molecule has 6 heteroatoms. The van der Waals surface area contributed by atoms with E-state index in [9.17, 15) is 9.59 Å². The van der Waals surface area contributed by atoms with Gasteiger partial charge in [0.15, 0.2) is 0 Å². The number of imide groups is 1. The third-order valence-electron chi connectivity index (χ3n) is 4.76. The zero-order valence-electron chi connectivity index (χ0n) is 14.9. The van der Waals surface area contributed by atoms with E-state index < -0.39 is 0 Å². The van der Waals surface area contributed by atoms with Crippen LogP contribution in [-0.2, 0) is 0 Å². The number of para-hydroxylation sites is 1. The number of fused-ring (bicyclic) bond motifs is 2. The maximum atomic E-state index is 13.0. The number of methoxy groups -OCH3 is 1. The molecule has 3 aromatic carbocycles. The van der Waals surface area contributed by atoms with E-state index in [1.165, 1.54) is 4.90 Å². The summed E-state index contributed by atoms with van der Waals surface area (Å²) in [6.45, 7) is 0. The summed E-state index contributed by atoms with van der Waals surface area (Å²) < 4.78 is 6.23. The molecule has 0 saturated heterocycles. The molecule has 0 fully saturated rings. The second kappa shape index (κ2) is 6.28. The molecule has 0 atom stereocenters. The molecule has 0 radical (unpaired) electrons. The predicted octanol–water partition coefficient (Wildman–Crippen LogP) is 4.77. The fraction of sp³-hybridized carbons (Fsp3) is 0.0455. The summed E-state index contributed by atoms with van der Waals surface area (Å²) in [5.41, 5.74) is 3.08.